The minimum atomic E-state index is -2.89. The molecule has 1 aromatic rings. The lowest BCUT2D eigenvalue weighted by Crippen LogP contribution is -2.59. The van der Waals surface area contributed by atoms with Crippen LogP contribution < -0.4 is 15.4 Å². The maximum Gasteiger partial charge on any atom is 0.387 e. The van der Waals surface area contributed by atoms with E-state index in [1.165, 1.54) is 18.2 Å². The molecule has 1 aliphatic rings. The van der Waals surface area contributed by atoms with Crippen molar-refractivity contribution in [3.8, 4) is 5.75 Å². The van der Waals surface area contributed by atoms with E-state index in [1.54, 1.807) is 6.07 Å². The monoisotopic (exact) mass is 286 g/mol. The highest BCUT2D eigenvalue weighted by atomic mass is 19.3. The van der Waals surface area contributed by atoms with E-state index in [1.807, 2.05) is 6.92 Å². The van der Waals surface area contributed by atoms with Crippen LogP contribution in [0.5, 0.6) is 5.75 Å². The van der Waals surface area contributed by atoms with Gasteiger partial charge in [0.05, 0.1) is 5.60 Å². The van der Waals surface area contributed by atoms with Crippen molar-refractivity contribution in [2.24, 2.45) is 0 Å². The minimum absolute atomic E-state index is 0.00567. The zero-order valence-electron chi connectivity index (χ0n) is 11.0. The third-order valence-corrected chi connectivity index (χ3v) is 2.89. The van der Waals surface area contributed by atoms with Crippen LogP contribution in [0.2, 0.25) is 0 Å². The van der Waals surface area contributed by atoms with Gasteiger partial charge in [0.25, 0.3) is 0 Å². The summed E-state index contributed by atoms with van der Waals surface area (Å²) in [7, 11) is 0. The van der Waals surface area contributed by atoms with E-state index >= 15 is 0 Å². The Morgan fingerprint density at radius 3 is 2.85 bits per heavy atom. The Kier molecular flexibility index (Phi) is 4.51. The smallest absolute Gasteiger partial charge is 0.387 e. The number of carbonyl (C=O) groups excluding carboxylic acids is 1. The van der Waals surface area contributed by atoms with Gasteiger partial charge < -0.3 is 20.1 Å². The first-order valence-corrected chi connectivity index (χ1v) is 6.16. The summed E-state index contributed by atoms with van der Waals surface area (Å²) in [6.07, 6.45) is 0. The second-order valence-electron chi connectivity index (χ2n) is 4.80. The Balaban J connectivity index is 1.84. The topological polar surface area (TPSA) is 59.6 Å². The van der Waals surface area contributed by atoms with Crippen LogP contribution in [0.1, 0.15) is 6.92 Å². The predicted octanol–water partition coefficient (Wildman–Crippen LogP) is 1.60. The number of rotatable bonds is 6. The summed E-state index contributed by atoms with van der Waals surface area (Å²) in [5.41, 5.74) is 0.0754. The molecule has 110 valence electrons. The second kappa shape index (κ2) is 6.15. The molecule has 0 bridgehead atoms. The van der Waals surface area contributed by atoms with Crippen molar-refractivity contribution in [1.29, 1.82) is 0 Å². The van der Waals surface area contributed by atoms with Crippen LogP contribution in [0.15, 0.2) is 24.3 Å². The molecule has 0 saturated carbocycles. The predicted molar refractivity (Wildman–Crippen MR) is 68.9 cm³/mol. The molecule has 1 amide bonds. The van der Waals surface area contributed by atoms with E-state index in [0.29, 0.717) is 18.8 Å². The van der Waals surface area contributed by atoms with Crippen LogP contribution in [0.3, 0.4) is 0 Å². The summed E-state index contributed by atoms with van der Waals surface area (Å²) in [4.78, 5) is 11.7. The Morgan fingerprint density at radius 2 is 2.25 bits per heavy atom. The molecule has 20 heavy (non-hydrogen) atoms. The molecular formula is C13H16F2N2O3. The minimum Gasteiger partial charge on any atom is -0.435 e. The summed E-state index contributed by atoms with van der Waals surface area (Å²) in [5.74, 6) is -0.346. The SMILES string of the molecule is CC1(OCC(=O)Nc2cccc(OC(F)F)c2)CNC1. The number of halogens is 2. The lowest BCUT2D eigenvalue weighted by Gasteiger charge is -2.38. The fourth-order valence-electron chi connectivity index (χ4n) is 1.77. The molecular weight excluding hydrogens is 270 g/mol. The number of hydrogen-bond acceptors (Lipinski definition) is 4. The molecule has 0 atom stereocenters. The molecule has 1 fully saturated rings. The third kappa shape index (κ3) is 4.14. The third-order valence-electron chi connectivity index (χ3n) is 2.89. The van der Waals surface area contributed by atoms with E-state index in [9.17, 15) is 13.6 Å². The lowest BCUT2D eigenvalue weighted by atomic mass is 10.0. The van der Waals surface area contributed by atoms with Crippen LogP contribution in [0.25, 0.3) is 0 Å². The zero-order valence-corrected chi connectivity index (χ0v) is 11.0. The first-order chi connectivity index (χ1) is 9.47. The molecule has 0 spiro atoms. The second-order valence-corrected chi connectivity index (χ2v) is 4.80. The van der Waals surface area contributed by atoms with E-state index in [4.69, 9.17) is 4.74 Å². The summed E-state index contributed by atoms with van der Waals surface area (Å²) in [5, 5.41) is 5.62. The van der Waals surface area contributed by atoms with Crippen molar-refractivity contribution < 1.29 is 23.0 Å². The van der Waals surface area contributed by atoms with Crippen LogP contribution in [-0.4, -0.2) is 37.8 Å². The van der Waals surface area contributed by atoms with Gasteiger partial charge in [-0.3, -0.25) is 4.79 Å². The van der Waals surface area contributed by atoms with E-state index in [-0.39, 0.29) is 23.9 Å². The van der Waals surface area contributed by atoms with E-state index in [0.717, 1.165) is 0 Å². The fraction of sp³-hybridized carbons (Fsp3) is 0.462. The average Bonchev–Trinajstić information content (AvgIpc) is 2.33. The van der Waals surface area contributed by atoms with Crippen LogP contribution in [0.4, 0.5) is 14.5 Å². The van der Waals surface area contributed by atoms with Gasteiger partial charge in [-0.15, -0.1) is 0 Å². The standard InChI is InChI=1S/C13H16F2N2O3/c1-13(7-16-8-13)19-6-11(18)17-9-3-2-4-10(5-9)20-12(14)15/h2-5,12,16H,6-8H2,1H3,(H,17,18). The van der Waals surface area contributed by atoms with E-state index in [2.05, 4.69) is 15.4 Å². The van der Waals surface area contributed by atoms with Crippen molar-refractivity contribution in [3.05, 3.63) is 24.3 Å². The van der Waals surface area contributed by atoms with Gasteiger partial charge in [0, 0.05) is 24.8 Å². The van der Waals surface area contributed by atoms with Crippen LogP contribution in [0, 0.1) is 0 Å². The Morgan fingerprint density at radius 1 is 1.50 bits per heavy atom. The number of carbonyl (C=O) groups is 1. The summed E-state index contributed by atoms with van der Waals surface area (Å²) in [6.45, 7) is 0.345. The van der Waals surface area contributed by atoms with Crippen molar-refractivity contribution >= 4 is 11.6 Å². The molecule has 0 unspecified atom stereocenters. The highest BCUT2D eigenvalue weighted by Crippen LogP contribution is 2.19. The van der Waals surface area contributed by atoms with Gasteiger partial charge in [-0.05, 0) is 19.1 Å². The molecule has 0 radical (unpaired) electrons. The molecule has 1 heterocycles. The van der Waals surface area contributed by atoms with Gasteiger partial charge in [-0.2, -0.15) is 8.78 Å². The van der Waals surface area contributed by atoms with Crippen molar-refractivity contribution in [2.45, 2.75) is 19.1 Å². The van der Waals surface area contributed by atoms with Gasteiger partial charge in [0.1, 0.15) is 12.4 Å². The summed E-state index contributed by atoms with van der Waals surface area (Å²) < 4.78 is 33.9. The molecule has 1 aromatic carbocycles. The number of anilines is 1. The van der Waals surface area contributed by atoms with Crippen molar-refractivity contribution in [1.82, 2.24) is 5.32 Å². The number of alkyl halides is 2. The summed E-state index contributed by atoms with van der Waals surface area (Å²) in [6, 6.07) is 5.82. The molecule has 5 nitrogen and oxygen atoms in total. The van der Waals surface area contributed by atoms with Gasteiger partial charge in [-0.1, -0.05) is 6.07 Å². The lowest BCUT2D eigenvalue weighted by molar-refractivity contribution is -0.130. The highest BCUT2D eigenvalue weighted by molar-refractivity contribution is 5.91. The molecule has 1 aliphatic heterocycles. The number of amides is 1. The molecule has 2 N–H and O–H groups in total. The molecule has 0 aliphatic carbocycles. The first kappa shape index (κ1) is 14.7. The van der Waals surface area contributed by atoms with Gasteiger partial charge in [0.15, 0.2) is 0 Å². The van der Waals surface area contributed by atoms with E-state index < -0.39 is 6.61 Å². The summed E-state index contributed by atoms with van der Waals surface area (Å²) >= 11 is 0. The largest absolute Gasteiger partial charge is 0.435 e. The van der Waals surface area contributed by atoms with Crippen molar-refractivity contribution in [2.75, 3.05) is 25.0 Å². The number of ether oxygens (including phenoxy) is 2. The Labute approximate surface area is 115 Å². The first-order valence-electron chi connectivity index (χ1n) is 6.16. The van der Waals surface area contributed by atoms with Crippen molar-refractivity contribution in [3.63, 3.8) is 0 Å². The average molecular weight is 286 g/mol. The molecule has 7 heteroatoms. The molecule has 0 aromatic heterocycles. The maximum atomic E-state index is 12.1. The Bertz CT molecular complexity index is 478. The van der Waals surface area contributed by atoms with Gasteiger partial charge in [0.2, 0.25) is 5.91 Å². The highest BCUT2D eigenvalue weighted by Gasteiger charge is 2.32. The number of benzene rings is 1. The van der Waals surface area contributed by atoms with Gasteiger partial charge in [-0.25, -0.2) is 0 Å². The zero-order chi connectivity index (χ0) is 14.6. The normalized spacial score (nSPS) is 16.6. The van der Waals surface area contributed by atoms with Crippen LogP contribution in [-0.2, 0) is 9.53 Å². The number of nitrogens with one attached hydrogen (secondary N) is 2. The van der Waals surface area contributed by atoms with Crippen LogP contribution >= 0.6 is 0 Å². The fourth-order valence-corrected chi connectivity index (χ4v) is 1.77. The maximum absolute atomic E-state index is 12.1. The van der Waals surface area contributed by atoms with Gasteiger partial charge >= 0.3 is 6.61 Å². The Hall–Kier alpha value is -1.73. The molecule has 2 rings (SSSR count). The number of hydrogen-bond donors (Lipinski definition) is 2. The molecule has 1 saturated heterocycles. The quantitative estimate of drug-likeness (QED) is 0.834.